The van der Waals surface area contributed by atoms with Crippen LogP contribution in [0, 0.1) is 6.92 Å². The minimum atomic E-state index is 0.237. The third-order valence-electron chi connectivity index (χ3n) is 3.45. The number of aromatic nitrogens is 1. The van der Waals surface area contributed by atoms with E-state index in [4.69, 9.17) is 4.74 Å². The van der Waals surface area contributed by atoms with Crippen LogP contribution in [0.2, 0.25) is 0 Å². The second-order valence-corrected chi connectivity index (χ2v) is 5.65. The number of hydrogen-bond donors (Lipinski definition) is 1. The van der Waals surface area contributed by atoms with Crippen molar-refractivity contribution in [1.29, 1.82) is 0 Å². The van der Waals surface area contributed by atoms with Gasteiger partial charge in [0.1, 0.15) is 5.75 Å². The van der Waals surface area contributed by atoms with Gasteiger partial charge in [0.25, 0.3) is 0 Å². The normalized spacial score (nSPS) is 12.2. The number of pyridine rings is 1. The van der Waals surface area contributed by atoms with Crippen molar-refractivity contribution < 1.29 is 4.74 Å². The molecule has 0 radical (unpaired) electrons. The van der Waals surface area contributed by atoms with E-state index in [1.54, 1.807) is 7.11 Å². The fourth-order valence-electron chi connectivity index (χ4n) is 2.37. The fourth-order valence-corrected chi connectivity index (χ4v) is 2.78. The van der Waals surface area contributed by atoms with E-state index in [9.17, 15) is 0 Å². The number of rotatable bonds is 5. The maximum Gasteiger partial charge on any atom is 0.122 e. The van der Waals surface area contributed by atoms with Gasteiger partial charge in [-0.25, -0.2) is 0 Å². The number of nitrogens with one attached hydrogen (secondary N) is 1. The van der Waals surface area contributed by atoms with Crippen molar-refractivity contribution >= 4 is 15.9 Å². The highest BCUT2D eigenvalue weighted by Crippen LogP contribution is 2.28. The Morgan fingerprint density at radius 3 is 2.80 bits per heavy atom. The predicted octanol–water partition coefficient (Wildman–Crippen LogP) is 3.66. The van der Waals surface area contributed by atoms with E-state index in [0.29, 0.717) is 0 Å². The van der Waals surface area contributed by atoms with Crippen LogP contribution in [0.4, 0.5) is 0 Å². The predicted molar refractivity (Wildman–Crippen MR) is 85.2 cm³/mol. The van der Waals surface area contributed by atoms with Gasteiger partial charge in [-0.15, -0.1) is 0 Å². The maximum atomic E-state index is 5.45. The summed E-state index contributed by atoms with van der Waals surface area (Å²) in [6.07, 6.45) is 4.60. The molecule has 0 saturated carbocycles. The Balaban J connectivity index is 2.31. The Hall–Kier alpha value is -1.39. The molecule has 0 aliphatic carbocycles. The highest BCUT2D eigenvalue weighted by atomic mass is 79.9. The quantitative estimate of drug-likeness (QED) is 0.905. The fraction of sp³-hybridized carbons (Fsp3) is 0.312. The Bertz CT molecular complexity index is 586. The highest BCUT2D eigenvalue weighted by Gasteiger charge is 2.15. The molecule has 0 aliphatic rings. The summed E-state index contributed by atoms with van der Waals surface area (Å²) >= 11 is 3.52. The summed E-state index contributed by atoms with van der Waals surface area (Å²) in [5, 5.41) is 3.38. The molecule has 1 N–H and O–H groups in total. The lowest BCUT2D eigenvalue weighted by Crippen LogP contribution is -2.20. The number of aryl methyl sites for hydroxylation is 1. The average molecular weight is 335 g/mol. The van der Waals surface area contributed by atoms with Crippen molar-refractivity contribution in [2.75, 3.05) is 14.2 Å². The molecule has 2 rings (SSSR count). The molecule has 4 heteroatoms. The van der Waals surface area contributed by atoms with Crippen molar-refractivity contribution in [3.63, 3.8) is 0 Å². The Labute approximate surface area is 128 Å². The SMILES string of the molecule is CNC(Cc1cc(Br)ccc1OC)c1ccncc1C. The van der Waals surface area contributed by atoms with Crippen LogP contribution in [0.1, 0.15) is 22.7 Å². The first-order valence-corrected chi connectivity index (χ1v) is 7.35. The van der Waals surface area contributed by atoms with Gasteiger partial charge in [0.2, 0.25) is 0 Å². The zero-order valence-electron chi connectivity index (χ0n) is 12.0. The monoisotopic (exact) mass is 334 g/mol. The van der Waals surface area contributed by atoms with E-state index in [1.807, 2.05) is 31.6 Å². The Morgan fingerprint density at radius 1 is 1.35 bits per heavy atom. The van der Waals surface area contributed by atoms with Crippen LogP contribution in [0.15, 0.2) is 41.1 Å². The van der Waals surface area contributed by atoms with Gasteiger partial charge in [-0.1, -0.05) is 15.9 Å². The summed E-state index contributed by atoms with van der Waals surface area (Å²) in [6, 6.07) is 8.40. The summed E-state index contributed by atoms with van der Waals surface area (Å²) in [7, 11) is 3.69. The van der Waals surface area contributed by atoms with E-state index < -0.39 is 0 Å². The molecule has 0 saturated heterocycles. The van der Waals surface area contributed by atoms with E-state index >= 15 is 0 Å². The second-order valence-electron chi connectivity index (χ2n) is 4.73. The van der Waals surface area contributed by atoms with Crippen LogP contribution in [0.5, 0.6) is 5.75 Å². The highest BCUT2D eigenvalue weighted by molar-refractivity contribution is 9.10. The van der Waals surface area contributed by atoms with Crippen LogP contribution >= 0.6 is 15.9 Å². The molecule has 2 aromatic rings. The molecule has 1 aromatic heterocycles. The third-order valence-corrected chi connectivity index (χ3v) is 3.95. The molecule has 0 spiro atoms. The van der Waals surface area contributed by atoms with E-state index in [1.165, 1.54) is 16.7 Å². The van der Waals surface area contributed by atoms with Gasteiger partial charge in [-0.3, -0.25) is 4.98 Å². The molecule has 0 aliphatic heterocycles. The van der Waals surface area contributed by atoms with Crippen LogP contribution in [-0.2, 0) is 6.42 Å². The lowest BCUT2D eigenvalue weighted by Gasteiger charge is -2.20. The van der Waals surface area contributed by atoms with Gasteiger partial charge < -0.3 is 10.1 Å². The number of likely N-dealkylation sites (N-methyl/N-ethyl adjacent to an activating group) is 1. The number of methoxy groups -OCH3 is 1. The van der Waals surface area contributed by atoms with Crippen LogP contribution in [0.25, 0.3) is 0 Å². The molecule has 0 fully saturated rings. The zero-order chi connectivity index (χ0) is 14.5. The van der Waals surface area contributed by atoms with Gasteiger partial charge >= 0.3 is 0 Å². The first-order chi connectivity index (χ1) is 9.65. The minimum Gasteiger partial charge on any atom is -0.496 e. The number of nitrogens with zero attached hydrogens (tertiary/aromatic N) is 1. The molecular formula is C16H19BrN2O. The second kappa shape index (κ2) is 6.86. The number of ether oxygens (including phenoxy) is 1. The third kappa shape index (κ3) is 3.38. The van der Waals surface area contributed by atoms with E-state index in [-0.39, 0.29) is 6.04 Å². The molecule has 106 valence electrons. The summed E-state index contributed by atoms with van der Waals surface area (Å²) in [6.45, 7) is 2.09. The van der Waals surface area contributed by atoms with Crippen LogP contribution < -0.4 is 10.1 Å². The molecule has 0 bridgehead atoms. The topological polar surface area (TPSA) is 34.1 Å². The lowest BCUT2D eigenvalue weighted by atomic mass is 9.96. The summed E-state index contributed by atoms with van der Waals surface area (Å²) < 4.78 is 6.52. The van der Waals surface area contributed by atoms with Crippen LogP contribution in [-0.4, -0.2) is 19.1 Å². The maximum absolute atomic E-state index is 5.45. The van der Waals surface area contributed by atoms with E-state index in [2.05, 4.69) is 45.3 Å². The summed E-state index contributed by atoms with van der Waals surface area (Å²) in [4.78, 5) is 4.16. The number of hydrogen-bond acceptors (Lipinski definition) is 3. The smallest absolute Gasteiger partial charge is 0.122 e. The van der Waals surface area contributed by atoms with Crippen molar-refractivity contribution in [2.24, 2.45) is 0 Å². The summed E-state index contributed by atoms with van der Waals surface area (Å²) in [5.74, 6) is 0.917. The molecule has 3 nitrogen and oxygen atoms in total. The first kappa shape index (κ1) is 15.0. The Morgan fingerprint density at radius 2 is 2.15 bits per heavy atom. The van der Waals surface area contributed by atoms with Crippen molar-refractivity contribution in [3.05, 3.63) is 57.8 Å². The molecule has 1 aromatic carbocycles. The first-order valence-electron chi connectivity index (χ1n) is 6.56. The van der Waals surface area contributed by atoms with Gasteiger partial charge in [0.15, 0.2) is 0 Å². The van der Waals surface area contributed by atoms with Crippen molar-refractivity contribution in [3.8, 4) is 5.75 Å². The lowest BCUT2D eigenvalue weighted by molar-refractivity contribution is 0.406. The molecule has 0 amide bonds. The zero-order valence-corrected chi connectivity index (χ0v) is 13.6. The molecule has 20 heavy (non-hydrogen) atoms. The minimum absolute atomic E-state index is 0.237. The molecule has 1 unspecified atom stereocenters. The standard InChI is InChI=1S/C16H19BrN2O/c1-11-10-19-7-6-14(11)15(18-2)9-12-8-13(17)4-5-16(12)20-3/h4-8,10,15,18H,9H2,1-3H3. The van der Waals surface area contributed by atoms with Crippen molar-refractivity contribution in [1.82, 2.24) is 10.3 Å². The number of benzene rings is 1. The van der Waals surface area contributed by atoms with Gasteiger partial charge in [-0.05, 0) is 61.3 Å². The Kier molecular flexibility index (Phi) is 5.15. The molecular weight excluding hydrogens is 316 g/mol. The largest absolute Gasteiger partial charge is 0.496 e. The van der Waals surface area contributed by atoms with Gasteiger partial charge in [0, 0.05) is 22.9 Å². The van der Waals surface area contributed by atoms with Gasteiger partial charge in [-0.2, -0.15) is 0 Å². The van der Waals surface area contributed by atoms with Gasteiger partial charge in [0.05, 0.1) is 7.11 Å². The molecule has 1 atom stereocenters. The molecule has 1 heterocycles. The van der Waals surface area contributed by atoms with E-state index in [0.717, 1.165) is 16.6 Å². The summed E-state index contributed by atoms with van der Waals surface area (Å²) in [5.41, 5.74) is 3.64. The van der Waals surface area contributed by atoms with Crippen molar-refractivity contribution in [2.45, 2.75) is 19.4 Å². The average Bonchev–Trinajstić information content (AvgIpc) is 2.46. The number of halogens is 1. The van der Waals surface area contributed by atoms with Crippen LogP contribution in [0.3, 0.4) is 0 Å².